The van der Waals surface area contributed by atoms with Crippen molar-refractivity contribution >= 4 is 26.7 Å². The van der Waals surface area contributed by atoms with Crippen molar-refractivity contribution < 1.29 is 4.74 Å². The summed E-state index contributed by atoms with van der Waals surface area (Å²) in [4.78, 5) is 4.67. The van der Waals surface area contributed by atoms with Crippen LogP contribution in [-0.2, 0) is 4.74 Å². The van der Waals surface area contributed by atoms with Gasteiger partial charge in [-0.15, -0.1) is 0 Å². The lowest BCUT2D eigenvalue weighted by Crippen LogP contribution is -2.18. The van der Waals surface area contributed by atoms with Crippen LogP contribution in [0.15, 0.2) is 12.1 Å². The Balaban J connectivity index is 1.78. The van der Waals surface area contributed by atoms with Gasteiger partial charge >= 0.3 is 0 Å². The predicted octanol–water partition coefficient (Wildman–Crippen LogP) is 3.50. The highest BCUT2D eigenvalue weighted by molar-refractivity contribution is 7.22. The van der Waals surface area contributed by atoms with Crippen LogP contribution in [0.4, 0.5) is 5.13 Å². The van der Waals surface area contributed by atoms with Gasteiger partial charge in [0.2, 0.25) is 0 Å². The molecule has 0 bridgehead atoms. The number of aromatic nitrogens is 1. The second-order valence-corrected chi connectivity index (χ2v) is 5.99. The highest BCUT2D eigenvalue weighted by Gasteiger charge is 2.15. The fourth-order valence-corrected chi connectivity index (χ4v) is 3.50. The molecule has 96 valence electrons. The van der Waals surface area contributed by atoms with Gasteiger partial charge in [-0.3, -0.25) is 0 Å². The van der Waals surface area contributed by atoms with E-state index < -0.39 is 0 Å². The van der Waals surface area contributed by atoms with Gasteiger partial charge in [0, 0.05) is 13.2 Å². The minimum absolute atomic E-state index is 0.361. The lowest BCUT2D eigenvalue weighted by atomic mass is 10.1. The average Bonchev–Trinajstić information content (AvgIpc) is 2.93. The van der Waals surface area contributed by atoms with Crippen LogP contribution in [0.3, 0.4) is 0 Å². The van der Waals surface area contributed by atoms with Crippen LogP contribution >= 0.6 is 11.3 Å². The molecule has 3 nitrogen and oxygen atoms in total. The standard InChI is InChI=1S/C14H18N2OS/c1-9-6-10(2)13-12(7-9)18-14(16-13)15-8-11-4-3-5-17-11/h6-7,11H,3-5,8H2,1-2H3,(H,15,16)/t11-/m1/s1. The van der Waals surface area contributed by atoms with Gasteiger partial charge < -0.3 is 10.1 Å². The minimum atomic E-state index is 0.361. The van der Waals surface area contributed by atoms with Gasteiger partial charge in [-0.2, -0.15) is 0 Å². The number of hydrogen-bond donors (Lipinski definition) is 1. The van der Waals surface area contributed by atoms with Gasteiger partial charge in [-0.25, -0.2) is 4.98 Å². The molecule has 3 rings (SSSR count). The molecule has 1 aliphatic heterocycles. The first-order valence-corrected chi connectivity index (χ1v) is 7.27. The smallest absolute Gasteiger partial charge is 0.183 e. The largest absolute Gasteiger partial charge is 0.376 e. The van der Waals surface area contributed by atoms with Gasteiger partial charge in [0.15, 0.2) is 5.13 Å². The monoisotopic (exact) mass is 262 g/mol. The molecular formula is C14H18N2OS. The number of nitrogens with one attached hydrogen (secondary N) is 1. The summed E-state index contributed by atoms with van der Waals surface area (Å²) in [6.07, 6.45) is 2.71. The molecule has 1 fully saturated rings. The Hall–Kier alpha value is -1.13. The van der Waals surface area contributed by atoms with Gasteiger partial charge in [0.05, 0.1) is 16.3 Å². The van der Waals surface area contributed by atoms with Crippen molar-refractivity contribution in [3.8, 4) is 0 Å². The molecule has 0 saturated carbocycles. The molecule has 1 aromatic carbocycles. The Labute approximate surface area is 111 Å². The summed E-state index contributed by atoms with van der Waals surface area (Å²) in [5.74, 6) is 0. The summed E-state index contributed by atoms with van der Waals surface area (Å²) < 4.78 is 6.87. The van der Waals surface area contributed by atoms with Gasteiger partial charge in [0.25, 0.3) is 0 Å². The zero-order valence-electron chi connectivity index (χ0n) is 10.8. The third kappa shape index (κ3) is 2.35. The maximum atomic E-state index is 5.61. The SMILES string of the molecule is Cc1cc(C)c2nc(NC[C@H]3CCCO3)sc2c1. The van der Waals surface area contributed by atoms with Crippen LogP contribution in [0.5, 0.6) is 0 Å². The zero-order valence-corrected chi connectivity index (χ0v) is 11.6. The number of rotatable bonds is 3. The average molecular weight is 262 g/mol. The molecule has 0 unspecified atom stereocenters. The molecule has 0 radical (unpaired) electrons. The summed E-state index contributed by atoms with van der Waals surface area (Å²) >= 11 is 1.73. The summed E-state index contributed by atoms with van der Waals surface area (Å²) in [5.41, 5.74) is 3.68. The van der Waals surface area contributed by atoms with Gasteiger partial charge in [-0.1, -0.05) is 17.4 Å². The van der Waals surface area contributed by atoms with Crippen molar-refractivity contribution in [1.82, 2.24) is 4.98 Å². The minimum Gasteiger partial charge on any atom is -0.376 e. The number of nitrogens with zero attached hydrogens (tertiary/aromatic N) is 1. The van der Waals surface area contributed by atoms with Crippen LogP contribution < -0.4 is 5.32 Å². The molecule has 1 atom stereocenters. The Morgan fingerprint density at radius 2 is 2.33 bits per heavy atom. The normalized spacial score (nSPS) is 19.6. The highest BCUT2D eigenvalue weighted by atomic mass is 32.1. The number of fused-ring (bicyclic) bond motifs is 1. The van der Waals surface area contributed by atoms with E-state index in [0.717, 1.165) is 30.2 Å². The van der Waals surface area contributed by atoms with Crippen LogP contribution in [0, 0.1) is 13.8 Å². The van der Waals surface area contributed by atoms with Crippen LogP contribution in [0.2, 0.25) is 0 Å². The Morgan fingerprint density at radius 3 is 3.11 bits per heavy atom. The van der Waals surface area contributed by atoms with Crippen molar-refractivity contribution in [2.75, 3.05) is 18.5 Å². The fraction of sp³-hybridized carbons (Fsp3) is 0.500. The van der Waals surface area contributed by atoms with Crippen molar-refractivity contribution in [2.24, 2.45) is 0 Å². The Morgan fingerprint density at radius 1 is 1.44 bits per heavy atom. The number of thiazole rings is 1. The quantitative estimate of drug-likeness (QED) is 0.919. The molecule has 2 heterocycles. The van der Waals surface area contributed by atoms with E-state index in [4.69, 9.17) is 4.74 Å². The van der Waals surface area contributed by atoms with E-state index in [0.29, 0.717) is 6.10 Å². The molecule has 1 saturated heterocycles. The first kappa shape index (κ1) is 11.9. The third-order valence-corrected chi connectivity index (χ3v) is 4.29. The molecule has 2 aromatic rings. The molecule has 18 heavy (non-hydrogen) atoms. The molecule has 0 amide bonds. The second kappa shape index (κ2) is 4.86. The van der Waals surface area contributed by atoms with Crippen LogP contribution in [-0.4, -0.2) is 24.2 Å². The number of benzene rings is 1. The predicted molar refractivity (Wildman–Crippen MR) is 76.6 cm³/mol. The lowest BCUT2D eigenvalue weighted by molar-refractivity contribution is 0.120. The first-order chi connectivity index (χ1) is 8.72. The fourth-order valence-electron chi connectivity index (χ4n) is 2.45. The van der Waals surface area contributed by atoms with Crippen molar-refractivity contribution in [3.05, 3.63) is 23.3 Å². The lowest BCUT2D eigenvalue weighted by Gasteiger charge is -2.08. The highest BCUT2D eigenvalue weighted by Crippen LogP contribution is 2.29. The van der Waals surface area contributed by atoms with Crippen molar-refractivity contribution in [1.29, 1.82) is 0 Å². The maximum Gasteiger partial charge on any atom is 0.183 e. The van der Waals surface area contributed by atoms with Gasteiger partial charge in [-0.05, 0) is 43.9 Å². The van der Waals surface area contributed by atoms with E-state index >= 15 is 0 Å². The molecule has 0 aliphatic carbocycles. The zero-order chi connectivity index (χ0) is 12.5. The molecular weight excluding hydrogens is 244 g/mol. The van der Waals surface area contributed by atoms with E-state index in [2.05, 4.69) is 36.3 Å². The second-order valence-electron chi connectivity index (χ2n) is 4.96. The molecule has 4 heteroatoms. The maximum absolute atomic E-state index is 5.61. The van der Waals surface area contributed by atoms with E-state index in [1.54, 1.807) is 11.3 Å². The Bertz CT molecular complexity index is 558. The van der Waals surface area contributed by atoms with E-state index in [1.807, 2.05) is 0 Å². The van der Waals surface area contributed by atoms with Crippen molar-refractivity contribution in [2.45, 2.75) is 32.8 Å². The van der Waals surface area contributed by atoms with E-state index in [1.165, 1.54) is 22.2 Å². The summed E-state index contributed by atoms with van der Waals surface area (Å²) in [7, 11) is 0. The molecule has 0 spiro atoms. The van der Waals surface area contributed by atoms with E-state index in [9.17, 15) is 0 Å². The number of ether oxygens (including phenoxy) is 1. The summed E-state index contributed by atoms with van der Waals surface area (Å²) in [6, 6.07) is 4.39. The topological polar surface area (TPSA) is 34.2 Å². The molecule has 1 aromatic heterocycles. The first-order valence-electron chi connectivity index (χ1n) is 6.45. The van der Waals surface area contributed by atoms with Crippen LogP contribution in [0.1, 0.15) is 24.0 Å². The summed E-state index contributed by atoms with van der Waals surface area (Å²) in [5, 5.41) is 4.41. The number of anilines is 1. The summed E-state index contributed by atoms with van der Waals surface area (Å²) in [6.45, 7) is 6.03. The van der Waals surface area contributed by atoms with Crippen LogP contribution in [0.25, 0.3) is 10.2 Å². The van der Waals surface area contributed by atoms with Gasteiger partial charge in [0.1, 0.15) is 0 Å². The van der Waals surface area contributed by atoms with E-state index in [-0.39, 0.29) is 0 Å². The van der Waals surface area contributed by atoms with Crippen molar-refractivity contribution in [3.63, 3.8) is 0 Å². The third-order valence-electron chi connectivity index (χ3n) is 3.33. The Kier molecular flexibility index (Phi) is 3.22. The number of aryl methyl sites for hydroxylation is 2. The molecule has 1 N–H and O–H groups in total. The number of hydrogen-bond acceptors (Lipinski definition) is 4. The molecule has 1 aliphatic rings.